The summed E-state index contributed by atoms with van der Waals surface area (Å²) in [4.78, 5) is 22.3. The maximum Gasteiger partial charge on any atom is 0.307 e. The average Bonchev–Trinajstić information content (AvgIpc) is 2.08. The van der Waals surface area contributed by atoms with E-state index >= 15 is 0 Å². The van der Waals surface area contributed by atoms with Crippen molar-refractivity contribution in [3.8, 4) is 0 Å². The maximum absolute atomic E-state index is 11.5. The highest BCUT2D eigenvalue weighted by Crippen LogP contribution is 2.16. The molecule has 1 N–H and O–H groups in total. The van der Waals surface area contributed by atoms with Crippen LogP contribution in [-0.2, 0) is 14.3 Å². The van der Waals surface area contributed by atoms with Crippen molar-refractivity contribution in [2.75, 3.05) is 0 Å². The molecule has 0 heterocycles. The van der Waals surface area contributed by atoms with Crippen LogP contribution in [0.3, 0.4) is 0 Å². The summed E-state index contributed by atoms with van der Waals surface area (Å²) in [6.07, 6.45) is 2.25. The second kappa shape index (κ2) is 6.51. The van der Waals surface area contributed by atoms with Gasteiger partial charge in [0.15, 0.2) is 0 Å². The summed E-state index contributed by atoms with van der Waals surface area (Å²) in [7, 11) is 0. The molecule has 4 heteroatoms. The van der Waals surface area contributed by atoms with Crippen LogP contribution in [0.4, 0.5) is 0 Å². The number of carboxylic acids is 1. The molecule has 0 saturated heterocycles. The third-order valence-corrected chi connectivity index (χ3v) is 2.09. The molecule has 0 aromatic heterocycles. The molecule has 0 aromatic carbocycles. The highest BCUT2D eigenvalue weighted by Gasteiger charge is 2.24. The van der Waals surface area contributed by atoms with Crippen LogP contribution in [0.5, 0.6) is 0 Å². The van der Waals surface area contributed by atoms with Gasteiger partial charge in [-0.05, 0) is 27.2 Å². The summed E-state index contributed by atoms with van der Waals surface area (Å²) in [5, 5.41) is 8.94. The van der Waals surface area contributed by atoms with Gasteiger partial charge in [0.25, 0.3) is 0 Å². The zero-order chi connectivity index (χ0) is 12.8. The summed E-state index contributed by atoms with van der Waals surface area (Å²) >= 11 is 0. The fourth-order valence-electron chi connectivity index (χ4n) is 1.35. The number of hydrogen-bond acceptors (Lipinski definition) is 3. The Hall–Kier alpha value is -1.06. The van der Waals surface area contributed by atoms with Crippen molar-refractivity contribution < 1.29 is 19.4 Å². The Balaban J connectivity index is 4.19. The highest BCUT2D eigenvalue weighted by molar-refractivity contribution is 5.78. The van der Waals surface area contributed by atoms with Crippen LogP contribution < -0.4 is 0 Å². The van der Waals surface area contributed by atoms with E-state index in [9.17, 15) is 9.59 Å². The van der Waals surface area contributed by atoms with Crippen LogP contribution in [-0.4, -0.2) is 22.6 Å². The lowest BCUT2D eigenvalue weighted by atomic mass is 9.99. The summed E-state index contributed by atoms with van der Waals surface area (Å²) in [5.41, 5.74) is -0.551. The first-order valence-corrected chi connectivity index (χ1v) is 5.71. The smallest absolute Gasteiger partial charge is 0.307 e. The van der Waals surface area contributed by atoms with Crippen LogP contribution in [0.15, 0.2) is 0 Å². The van der Waals surface area contributed by atoms with E-state index in [4.69, 9.17) is 9.84 Å². The first kappa shape index (κ1) is 14.9. The second-order valence-electron chi connectivity index (χ2n) is 4.97. The quantitative estimate of drug-likeness (QED) is 0.712. The normalized spacial score (nSPS) is 13.2. The van der Waals surface area contributed by atoms with Crippen molar-refractivity contribution in [3.63, 3.8) is 0 Å². The van der Waals surface area contributed by atoms with Crippen LogP contribution in [0.25, 0.3) is 0 Å². The Bertz CT molecular complexity index is 240. The first-order chi connectivity index (χ1) is 7.26. The number of carbonyl (C=O) groups is 2. The molecular formula is C12H22O4. The largest absolute Gasteiger partial charge is 0.481 e. The molecule has 4 nitrogen and oxygen atoms in total. The zero-order valence-electron chi connectivity index (χ0n) is 10.6. The molecule has 0 aliphatic carbocycles. The number of aliphatic carboxylic acids is 1. The van der Waals surface area contributed by atoms with Gasteiger partial charge >= 0.3 is 11.9 Å². The van der Waals surface area contributed by atoms with Crippen molar-refractivity contribution in [2.45, 2.75) is 59.0 Å². The van der Waals surface area contributed by atoms with E-state index in [1.54, 1.807) is 20.8 Å². The van der Waals surface area contributed by atoms with Gasteiger partial charge < -0.3 is 9.84 Å². The van der Waals surface area contributed by atoms with Gasteiger partial charge in [-0.25, -0.2) is 0 Å². The molecule has 0 fully saturated rings. The van der Waals surface area contributed by atoms with Gasteiger partial charge in [0.2, 0.25) is 0 Å². The Morgan fingerprint density at radius 2 is 1.88 bits per heavy atom. The lowest BCUT2D eigenvalue weighted by Gasteiger charge is -2.20. The fourth-order valence-corrected chi connectivity index (χ4v) is 1.35. The minimum Gasteiger partial charge on any atom is -0.481 e. The fraction of sp³-hybridized carbons (Fsp3) is 0.833. The predicted octanol–water partition coefficient (Wildman–Crippen LogP) is 2.61. The number of hydrogen-bond donors (Lipinski definition) is 1. The average molecular weight is 230 g/mol. The Morgan fingerprint density at radius 3 is 2.25 bits per heavy atom. The van der Waals surface area contributed by atoms with Gasteiger partial charge in [-0.2, -0.15) is 0 Å². The summed E-state index contributed by atoms with van der Waals surface area (Å²) in [6.45, 7) is 7.30. The summed E-state index contributed by atoms with van der Waals surface area (Å²) < 4.78 is 5.10. The van der Waals surface area contributed by atoms with Crippen molar-refractivity contribution in [1.29, 1.82) is 0 Å². The zero-order valence-corrected chi connectivity index (χ0v) is 10.6. The van der Waals surface area contributed by atoms with Crippen molar-refractivity contribution in [1.82, 2.24) is 0 Å². The molecule has 0 rings (SSSR count). The predicted molar refractivity (Wildman–Crippen MR) is 61.1 cm³/mol. The van der Waals surface area contributed by atoms with Gasteiger partial charge in [0.05, 0.1) is 12.3 Å². The number of carboxylic acid groups (broad SMARTS) is 1. The third kappa shape index (κ3) is 7.26. The van der Waals surface area contributed by atoms with Gasteiger partial charge in [-0.15, -0.1) is 0 Å². The Kier molecular flexibility index (Phi) is 6.08. The first-order valence-electron chi connectivity index (χ1n) is 5.71. The van der Waals surface area contributed by atoms with Crippen LogP contribution in [0.1, 0.15) is 53.4 Å². The van der Waals surface area contributed by atoms with E-state index in [0.29, 0.717) is 6.42 Å². The molecule has 0 saturated carbocycles. The number of esters is 1. The van der Waals surface area contributed by atoms with E-state index in [-0.39, 0.29) is 6.42 Å². The van der Waals surface area contributed by atoms with Crippen LogP contribution >= 0.6 is 0 Å². The van der Waals surface area contributed by atoms with Crippen LogP contribution in [0, 0.1) is 5.92 Å². The monoisotopic (exact) mass is 230 g/mol. The lowest BCUT2D eigenvalue weighted by Crippen LogP contribution is -2.27. The molecule has 1 unspecified atom stereocenters. The SMILES string of the molecule is CCCCC(CC(=O)OC(C)(C)C)C(=O)O. The standard InChI is InChI=1S/C12H22O4/c1-5-6-7-9(11(14)15)8-10(13)16-12(2,3)4/h9H,5-8H2,1-4H3,(H,14,15). The lowest BCUT2D eigenvalue weighted by molar-refractivity contribution is -0.160. The second-order valence-corrected chi connectivity index (χ2v) is 4.97. The van der Waals surface area contributed by atoms with Crippen molar-refractivity contribution >= 4 is 11.9 Å². The molecule has 0 aliphatic heterocycles. The summed E-state index contributed by atoms with van der Waals surface area (Å²) in [6, 6.07) is 0. The number of carbonyl (C=O) groups excluding carboxylic acids is 1. The molecule has 0 bridgehead atoms. The highest BCUT2D eigenvalue weighted by atomic mass is 16.6. The van der Waals surface area contributed by atoms with Crippen LogP contribution in [0.2, 0.25) is 0 Å². The summed E-state index contributed by atoms with van der Waals surface area (Å²) in [5.74, 6) is -1.97. The minimum atomic E-state index is -0.917. The molecule has 16 heavy (non-hydrogen) atoms. The molecule has 0 radical (unpaired) electrons. The van der Waals surface area contributed by atoms with Crippen molar-refractivity contribution in [2.24, 2.45) is 5.92 Å². The Labute approximate surface area is 97.0 Å². The molecule has 94 valence electrons. The van der Waals surface area contributed by atoms with Gasteiger partial charge in [0.1, 0.15) is 5.60 Å². The molecule has 0 aromatic rings. The number of unbranched alkanes of at least 4 members (excludes halogenated alkanes) is 1. The maximum atomic E-state index is 11.5. The van der Waals surface area contributed by atoms with Gasteiger partial charge in [-0.3, -0.25) is 9.59 Å². The van der Waals surface area contributed by atoms with E-state index in [0.717, 1.165) is 12.8 Å². The topological polar surface area (TPSA) is 63.6 Å². The molecular weight excluding hydrogens is 208 g/mol. The van der Waals surface area contributed by atoms with E-state index in [1.807, 2.05) is 6.92 Å². The van der Waals surface area contributed by atoms with E-state index in [2.05, 4.69) is 0 Å². The number of rotatable bonds is 6. The third-order valence-electron chi connectivity index (χ3n) is 2.09. The van der Waals surface area contributed by atoms with Gasteiger partial charge in [-0.1, -0.05) is 19.8 Å². The van der Waals surface area contributed by atoms with Crippen molar-refractivity contribution in [3.05, 3.63) is 0 Å². The minimum absolute atomic E-state index is 0.0351. The Morgan fingerprint density at radius 1 is 1.31 bits per heavy atom. The number of ether oxygens (including phenoxy) is 1. The molecule has 0 aliphatic rings. The van der Waals surface area contributed by atoms with E-state index in [1.165, 1.54) is 0 Å². The molecule has 1 atom stereocenters. The van der Waals surface area contributed by atoms with E-state index < -0.39 is 23.5 Å². The molecule has 0 amide bonds. The molecule has 0 spiro atoms. The van der Waals surface area contributed by atoms with Gasteiger partial charge in [0, 0.05) is 0 Å².